The van der Waals surface area contributed by atoms with Gasteiger partial charge in [-0.25, -0.2) is 9.18 Å². The summed E-state index contributed by atoms with van der Waals surface area (Å²) in [6, 6.07) is 17.6. The van der Waals surface area contributed by atoms with Gasteiger partial charge in [0.1, 0.15) is 0 Å². The molecule has 2 amide bonds. The maximum absolute atomic E-state index is 14.9. The van der Waals surface area contributed by atoms with E-state index in [-0.39, 0.29) is 48.5 Å². The molecule has 0 aliphatic heterocycles. The zero-order chi connectivity index (χ0) is 29.5. The van der Waals surface area contributed by atoms with Crippen LogP contribution in [0.25, 0.3) is 10.8 Å². The first-order valence-electron chi connectivity index (χ1n) is 13.1. The SMILES string of the molecule is COc1c(F)cc(NC(=O)OCC(C)c2ccccc2C)cc1CN(C)C(=O)CNc1ccc2cc[nH]c(=O)c2c1. The highest BCUT2D eigenvalue weighted by Crippen LogP contribution is 2.28. The van der Waals surface area contributed by atoms with Crippen molar-refractivity contribution in [1.82, 2.24) is 9.88 Å². The number of anilines is 2. The number of nitrogens with zero attached hydrogens (tertiary/aromatic N) is 1. The summed E-state index contributed by atoms with van der Waals surface area (Å²) in [6.07, 6.45) is 0.859. The molecule has 1 unspecified atom stereocenters. The van der Waals surface area contributed by atoms with Crippen LogP contribution in [0.2, 0.25) is 0 Å². The molecular weight excluding hydrogens is 527 g/mol. The molecule has 1 atom stereocenters. The molecule has 0 saturated heterocycles. The van der Waals surface area contributed by atoms with E-state index >= 15 is 0 Å². The second-order valence-corrected chi connectivity index (χ2v) is 9.84. The van der Waals surface area contributed by atoms with Crippen molar-refractivity contribution >= 4 is 34.1 Å². The zero-order valence-corrected chi connectivity index (χ0v) is 23.4. The van der Waals surface area contributed by atoms with Gasteiger partial charge in [0.15, 0.2) is 11.6 Å². The lowest BCUT2D eigenvalue weighted by atomic mass is 9.97. The standard InChI is InChI=1S/C31H33FN4O5/c1-19-7-5-6-8-25(19)20(2)18-41-31(39)35-24-13-22(29(40-4)27(32)15-24)17-36(3)28(37)16-34-23-10-9-21-11-12-33-30(38)26(21)14-23/h5-15,20,34H,16-18H2,1-4H3,(H,33,38)(H,35,39). The number of carbonyl (C=O) groups excluding carboxylic acids is 2. The maximum atomic E-state index is 14.9. The van der Waals surface area contributed by atoms with E-state index in [1.807, 2.05) is 38.1 Å². The monoisotopic (exact) mass is 560 g/mol. The maximum Gasteiger partial charge on any atom is 0.411 e. The van der Waals surface area contributed by atoms with Gasteiger partial charge in [-0.2, -0.15) is 0 Å². The summed E-state index contributed by atoms with van der Waals surface area (Å²) in [6.45, 7) is 4.07. The molecule has 10 heteroatoms. The Hall–Kier alpha value is -4.86. The van der Waals surface area contributed by atoms with E-state index in [0.717, 1.165) is 22.6 Å². The molecule has 0 bridgehead atoms. The highest BCUT2D eigenvalue weighted by Gasteiger charge is 2.18. The number of hydrogen-bond acceptors (Lipinski definition) is 6. The number of benzene rings is 3. The van der Waals surface area contributed by atoms with Gasteiger partial charge in [-0.05, 0) is 47.7 Å². The molecule has 1 heterocycles. The lowest BCUT2D eigenvalue weighted by Gasteiger charge is -2.21. The molecule has 41 heavy (non-hydrogen) atoms. The van der Waals surface area contributed by atoms with Crippen LogP contribution in [0.15, 0.2) is 71.7 Å². The van der Waals surface area contributed by atoms with Crippen LogP contribution < -0.4 is 20.9 Å². The largest absolute Gasteiger partial charge is 0.493 e. The summed E-state index contributed by atoms with van der Waals surface area (Å²) in [5, 5.41) is 6.88. The first kappa shape index (κ1) is 29.1. The number of methoxy groups -OCH3 is 1. The van der Waals surface area contributed by atoms with Crippen molar-refractivity contribution in [2.45, 2.75) is 26.3 Å². The molecule has 3 N–H and O–H groups in total. The number of halogens is 1. The number of aromatic amines is 1. The fourth-order valence-corrected chi connectivity index (χ4v) is 4.60. The van der Waals surface area contributed by atoms with Crippen molar-refractivity contribution in [3.63, 3.8) is 0 Å². The number of carbonyl (C=O) groups is 2. The molecule has 0 spiro atoms. The highest BCUT2D eigenvalue weighted by molar-refractivity contribution is 5.87. The summed E-state index contributed by atoms with van der Waals surface area (Å²) >= 11 is 0. The quantitative estimate of drug-likeness (QED) is 0.239. The molecule has 4 aromatic rings. The Balaban J connectivity index is 1.38. The van der Waals surface area contributed by atoms with E-state index in [0.29, 0.717) is 16.6 Å². The number of rotatable bonds is 10. The van der Waals surface area contributed by atoms with Gasteiger partial charge in [-0.1, -0.05) is 37.3 Å². The molecule has 3 aromatic carbocycles. The first-order chi connectivity index (χ1) is 19.7. The Bertz CT molecular complexity index is 1620. The van der Waals surface area contributed by atoms with Crippen molar-refractivity contribution < 1.29 is 23.5 Å². The molecule has 0 aliphatic carbocycles. The molecule has 9 nitrogen and oxygen atoms in total. The van der Waals surface area contributed by atoms with Gasteiger partial charge in [0.25, 0.3) is 5.56 Å². The van der Waals surface area contributed by atoms with Crippen LogP contribution in [0.4, 0.5) is 20.6 Å². The number of ether oxygens (including phenoxy) is 2. The number of aryl methyl sites for hydroxylation is 1. The van der Waals surface area contributed by atoms with Gasteiger partial charge >= 0.3 is 6.09 Å². The average Bonchev–Trinajstić information content (AvgIpc) is 2.95. The molecule has 214 valence electrons. The van der Waals surface area contributed by atoms with Crippen LogP contribution in [-0.2, 0) is 16.1 Å². The van der Waals surface area contributed by atoms with Crippen LogP contribution >= 0.6 is 0 Å². The molecule has 4 rings (SSSR count). The highest BCUT2D eigenvalue weighted by atomic mass is 19.1. The molecule has 0 saturated carbocycles. The van der Waals surface area contributed by atoms with Crippen molar-refractivity contribution in [3.05, 3.63) is 99.7 Å². The van der Waals surface area contributed by atoms with Gasteiger partial charge in [0.05, 0.1) is 20.3 Å². The summed E-state index contributed by atoms with van der Waals surface area (Å²) in [5.41, 5.74) is 3.11. The predicted molar refractivity (Wildman–Crippen MR) is 157 cm³/mol. The molecule has 0 radical (unpaired) electrons. The van der Waals surface area contributed by atoms with Crippen LogP contribution in [0.5, 0.6) is 5.75 Å². The van der Waals surface area contributed by atoms with Crippen molar-refractivity contribution in [2.24, 2.45) is 0 Å². The fourth-order valence-electron chi connectivity index (χ4n) is 4.60. The van der Waals surface area contributed by atoms with Gasteiger partial charge in [0, 0.05) is 54.1 Å². The number of amides is 2. The van der Waals surface area contributed by atoms with Crippen molar-refractivity contribution in [3.8, 4) is 5.75 Å². The number of likely N-dealkylation sites (N-methyl/N-ethyl adjacent to an activating group) is 1. The summed E-state index contributed by atoms with van der Waals surface area (Å²) in [7, 11) is 2.91. The van der Waals surface area contributed by atoms with Crippen LogP contribution in [0, 0.1) is 12.7 Å². The van der Waals surface area contributed by atoms with Gasteiger partial charge < -0.3 is 24.7 Å². The third-order valence-electron chi connectivity index (χ3n) is 6.81. The summed E-state index contributed by atoms with van der Waals surface area (Å²) in [5.74, 6) is -1.02. The number of pyridine rings is 1. The Morgan fingerprint density at radius 3 is 2.61 bits per heavy atom. The minimum atomic E-state index is -0.719. The number of aromatic nitrogens is 1. The zero-order valence-electron chi connectivity index (χ0n) is 23.4. The lowest BCUT2D eigenvalue weighted by Crippen LogP contribution is -2.32. The third kappa shape index (κ3) is 7.21. The van der Waals surface area contributed by atoms with E-state index in [1.54, 1.807) is 43.6 Å². The Morgan fingerprint density at radius 2 is 1.85 bits per heavy atom. The molecular formula is C31H33FN4O5. The number of H-pyrrole nitrogens is 1. The number of nitrogens with one attached hydrogen (secondary N) is 3. The number of fused-ring (bicyclic) bond motifs is 1. The number of hydrogen-bond donors (Lipinski definition) is 3. The third-order valence-corrected chi connectivity index (χ3v) is 6.81. The van der Waals surface area contributed by atoms with E-state index in [2.05, 4.69) is 15.6 Å². The van der Waals surface area contributed by atoms with Crippen LogP contribution in [0.3, 0.4) is 0 Å². The van der Waals surface area contributed by atoms with E-state index in [1.165, 1.54) is 12.0 Å². The summed E-state index contributed by atoms with van der Waals surface area (Å²) < 4.78 is 25.5. The molecule has 0 fully saturated rings. The average molecular weight is 561 g/mol. The predicted octanol–water partition coefficient (Wildman–Crippen LogP) is 5.41. The van der Waals surface area contributed by atoms with E-state index < -0.39 is 11.9 Å². The van der Waals surface area contributed by atoms with E-state index in [9.17, 15) is 18.8 Å². The first-order valence-corrected chi connectivity index (χ1v) is 13.1. The van der Waals surface area contributed by atoms with Crippen LogP contribution in [0.1, 0.15) is 29.5 Å². The van der Waals surface area contributed by atoms with Gasteiger partial charge in [-0.15, -0.1) is 0 Å². The molecule has 1 aromatic heterocycles. The summed E-state index contributed by atoms with van der Waals surface area (Å²) in [4.78, 5) is 41.4. The second-order valence-electron chi connectivity index (χ2n) is 9.84. The molecule has 0 aliphatic rings. The Labute approximate surface area is 237 Å². The van der Waals surface area contributed by atoms with Gasteiger partial charge in [-0.3, -0.25) is 14.9 Å². The van der Waals surface area contributed by atoms with Gasteiger partial charge in [0.2, 0.25) is 5.91 Å². The van der Waals surface area contributed by atoms with Crippen molar-refractivity contribution in [1.29, 1.82) is 0 Å². The minimum Gasteiger partial charge on any atom is -0.493 e. The lowest BCUT2D eigenvalue weighted by molar-refractivity contribution is -0.128. The topological polar surface area (TPSA) is 113 Å². The van der Waals surface area contributed by atoms with Crippen molar-refractivity contribution in [2.75, 3.05) is 37.9 Å². The minimum absolute atomic E-state index is 0.0197. The second kappa shape index (κ2) is 13.0. The van der Waals surface area contributed by atoms with Crippen LogP contribution in [-0.4, -0.2) is 49.2 Å². The fraction of sp³-hybridized carbons (Fsp3) is 0.258. The smallest absolute Gasteiger partial charge is 0.411 e. The van der Waals surface area contributed by atoms with E-state index in [4.69, 9.17) is 9.47 Å². The Kier molecular flexibility index (Phi) is 9.23. The normalized spacial score (nSPS) is 11.5. The Morgan fingerprint density at radius 1 is 1.07 bits per heavy atom.